The molecule has 3 heteroatoms. The molecule has 0 bridgehead atoms. The van der Waals surface area contributed by atoms with Crippen LogP contribution in [0, 0.1) is 6.92 Å². The van der Waals surface area contributed by atoms with Crippen molar-refractivity contribution in [2.24, 2.45) is 0 Å². The zero-order valence-corrected chi connectivity index (χ0v) is 10.6. The molecule has 0 heterocycles. The molecule has 0 spiro atoms. The lowest BCUT2D eigenvalue weighted by Crippen LogP contribution is -2.14. The molecule has 0 aliphatic heterocycles. The van der Waals surface area contributed by atoms with Gasteiger partial charge in [0.15, 0.2) is 0 Å². The molecular weight excluding hydrogens is 239 g/mol. The molecule has 0 radical (unpaired) electrons. The van der Waals surface area contributed by atoms with Gasteiger partial charge >= 0.3 is 0 Å². The Hall–Kier alpha value is -0.435. The molecule has 0 aromatic heterocycles. The number of ether oxygens (including phenoxy) is 1. The van der Waals surface area contributed by atoms with Crippen LogP contribution < -0.4 is 4.74 Å². The second kappa shape index (κ2) is 5.45. The first kappa shape index (κ1) is 11.6. The van der Waals surface area contributed by atoms with Gasteiger partial charge in [-0.25, -0.2) is 0 Å². The summed E-state index contributed by atoms with van der Waals surface area (Å²) < 4.78 is 6.97. The van der Waals surface area contributed by atoms with Gasteiger partial charge in [-0.05, 0) is 37.4 Å². The van der Waals surface area contributed by atoms with Gasteiger partial charge in [-0.1, -0.05) is 28.9 Å². The monoisotopic (exact) mass is 254 g/mol. The fourth-order valence-electron chi connectivity index (χ4n) is 1.34. The van der Waals surface area contributed by atoms with Crippen LogP contribution in [0.25, 0.3) is 0 Å². The Labute approximate surface area is 95.4 Å². The third-order valence-electron chi connectivity index (χ3n) is 2.35. The summed E-state index contributed by atoms with van der Waals surface area (Å²) in [7, 11) is 2.15. The van der Waals surface area contributed by atoms with Crippen molar-refractivity contribution in [2.45, 2.75) is 32.7 Å². The third kappa shape index (κ3) is 3.05. The highest BCUT2D eigenvalue weighted by molar-refractivity contribution is 9.10. The smallest absolute Gasteiger partial charge is 0.123 e. The van der Waals surface area contributed by atoms with Gasteiger partial charge < -0.3 is 4.74 Å². The van der Waals surface area contributed by atoms with Gasteiger partial charge in [-0.3, -0.25) is 0 Å². The molecule has 1 aromatic carbocycles. The van der Waals surface area contributed by atoms with Crippen molar-refractivity contribution in [3.8, 4) is 5.75 Å². The molecule has 1 unspecified atom stereocenters. The lowest BCUT2D eigenvalue weighted by atomic mass is 9.98. The first-order valence-electron chi connectivity index (χ1n) is 5.10. The summed E-state index contributed by atoms with van der Waals surface area (Å²) in [5, 5.41) is 0. The Bertz CT molecular complexity index is 297. The van der Waals surface area contributed by atoms with Crippen molar-refractivity contribution in [2.75, 3.05) is 0 Å². The van der Waals surface area contributed by atoms with E-state index in [1.54, 1.807) is 0 Å². The minimum absolute atomic E-state index is 0.336. The predicted molar refractivity (Wildman–Crippen MR) is 66.9 cm³/mol. The molecule has 1 aromatic rings. The SMILES string of the molecule is BCC(CC)Oc1cc(Br)ccc1C. The van der Waals surface area contributed by atoms with Crippen LogP contribution in [0.3, 0.4) is 0 Å². The highest BCUT2D eigenvalue weighted by Crippen LogP contribution is 2.24. The molecular formula is C11H16BBrO. The normalized spacial score (nSPS) is 12.5. The summed E-state index contributed by atoms with van der Waals surface area (Å²) in [6, 6.07) is 6.14. The highest BCUT2D eigenvalue weighted by atomic mass is 79.9. The molecule has 1 rings (SSSR count). The number of benzene rings is 1. The van der Waals surface area contributed by atoms with Crippen molar-refractivity contribution < 1.29 is 4.74 Å². The van der Waals surface area contributed by atoms with Crippen LogP contribution in [0.5, 0.6) is 5.75 Å². The Kier molecular flexibility index (Phi) is 4.53. The lowest BCUT2D eigenvalue weighted by molar-refractivity contribution is 0.216. The van der Waals surface area contributed by atoms with Crippen molar-refractivity contribution in [3.05, 3.63) is 28.2 Å². The van der Waals surface area contributed by atoms with Crippen LogP contribution in [0.2, 0.25) is 6.32 Å². The molecule has 0 aliphatic rings. The van der Waals surface area contributed by atoms with E-state index < -0.39 is 0 Å². The van der Waals surface area contributed by atoms with Crippen LogP contribution in [0.15, 0.2) is 22.7 Å². The Morgan fingerprint density at radius 2 is 2.21 bits per heavy atom. The van der Waals surface area contributed by atoms with E-state index in [1.165, 1.54) is 5.56 Å². The topological polar surface area (TPSA) is 9.23 Å². The third-order valence-corrected chi connectivity index (χ3v) is 2.85. The van der Waals surface area contributed by atoms with E-state index in [4.69, 9.17) is 4.74 Å². The van der Waals surface area contributed by atoms with Gasteiger partial charge in [0.1, 0.15) is 13.6 Å². The maximum Gasteiger partial charge on any atom is 0.123 e. The van der Waals surface area contributed by atoms with Gasteiger partial charge in [-0.15, -0.1) is 0 Å². The Morgan fingerprint density at radius 1 is 1.50 bits per heavy atom. The molecule has 0 aliphatic carbocycles. The first-order valence-corrected chi connectivity index (χ1v) is 5.89. The van der Waals surface area contributed by atoms with Gasteiger partial charge in [0.2, 0.25) is 0 Å². The molecule has 76 valence electrons. The van der Waals surface area contributed by atoms with E-state index in [-0.39, 0.29) is 0 Å². The number of hydrogen-bond donors (Lipinski definition) is 0. The van der Waals surface area contributed by atoms with Crippen LogP contribution in [0.1, 0.15) is 18.9 Å². The highest BCUT2D eigenvalue weighted by Gasteiger charge is 2.07. The molecule has 0 N–H and O–H groups in total. The van der Waals surface area contributed by atoms with Crippen molar-refractivity contribution in [1.29, 1.82) is 0 Å². The van der Waals surface area contributed by atoms with Crippen LogP contribution >= 0.6 is 15.9 Å². The second-order valence-corrected chi connectivity index (χ2v) is 4.38. The van der Waals surface area contributed by atoms with E-state index >= 15 is 0 Å². The summed E-state index contributed by atoms with van der Waals surface area (Å²) in [6.45, 7) is 4.23. The lowest BCUT2D eigenvalue weighted by Gasteiger charge is -2.17. The maximum atomic E-state index is 5.89. The van der Waals surface area contributed by atoms with Crippen LogP contribution in [-0.2, 0) is 0 Å². The minimum Gasteiger partial charge on any atom is -0.491 e. The van der Waals surface area contributed by atoms with Gasteiger partial charge in [0, 0.05) is 4.47 Å². The molecule has 0 saturated heterocycles. The summed E-state index contributed by atoms with van der Waals surface area (Å²) >= 11 is 3.45. The zero-order valence-electron chi connectivity index (χ0n) is 9.01. The Balaban J connectivity index is 2.79. The molecule has 0 amide bonds. The standard InChI is InChI=1S/C11H16BBrO/c1-3-10(7-12)14-11-6-9(13)5-4-8(11)2/h4-6,10H,3,7,12H2,1-2H3. The average Bonchev–Trinajstić information content (AvgIpc) is 2.19. The maximum absolute atomic E-state index is 5.89. The van der Waals surface area contributed by atoms with E-state index in [9.17, 15) is 0 Å². The molecule has 14 heavy (non-hydrogen) atoms. The van der Waals surface area contributed by atoms with Gasteiger partial charge in [-0.2, -0.15) is 0 Å². The minimum atomic E-state index is 0.336. The van der Waals surface area contributed by atoms with Crippen molar-refractivity contribution >= 4 is 23.8 Å². The molecule has 1 nitrogen and oxygen atoms in total. The average molecular weight is 255 g/mol. The zero-order chi connectivity index (χ0) is 10.6. The molecule has 0 saturated carbocycles. The summed E-state index contributed by atoms with van der Waals surface area (Å²) in [5.74, 6) is 0.994. The summed E-state index contributed by atoms with van der Waals surface area (Å²) in [4.78, 5) is 0. The van der Waals surface area contributed by atoms with Gasteiger partial charge in [0.05, 0.1) is 6.10 Å². The number of hydrogen-bond acceptors (Lipinski definition) is 1. The van der Waals surface area contributed by atoms with E-state index in [1.807, 2.05) is 12.1 Å². The molecule has 1 atom stereocenters. The molecule has 0 fully saturated rings. The van der Waals surface area contributed by atoms with Crippen LogP contribution in [0.4, 0.5) is 0 Å². The van der Waals surface area contributed by atoms with Crippen LogP contribution in [-0.4, -0.2) is 14.0 Å². The number of rotatable bonds is 4. The van der Waals surface area contributed by atoms with E-state index in [0.29, 0.717) is 6.10 Å². The van der Waals surface area contributed by atoms with E-state index in [0.717, 1.165) is 23.0 Å². The predicted octanol–water partition coefficient (Wildman–Crippen LogP) is 2.97. The van der Waals surface area contributed by atoms with E-state index in [2.05, 4.69) is 43.7 Å². The quantitative estimate of drug-likeness (QED) is 0.751. The Morgan fingerprint density at radius 3 is 2.79 bits per heavy atom. The first-order chi connectivity index (χ1) is 6.67. The largest absolute Gasteiger partial charge is 0.491 e. The van der Waals surface area contributed by atoms with Crippen molar-refractivity contribution in [1.82, 2.24) is 0 Å². The second-order valence-electron chi connectivity index (χ2n) is 3.47. The number of aryl methyl sites for hydroxylation is 1. The van der Waals surface area contributed by atoms with Gasteiger partial charge in [0.25, 0.3) is 0 Å². The number of halogens is 1. The summed E-state index contributed by atoms with van der Waals surface area (Å²) in [6.07, 6.45) is 2.45. The fraction of sp³-hybridized carbons (Fsp3) is 0.455. The van der Waals surface area contributed by atoms with Crippen molar-refractivity contribution in [3.63, 3.8) is 0 Å². The fourth-order valence-corrected chi connectivity index (χ4v) is 1.68. The summed E-state index contributed by atoms with van der Waals surface area (Å²) in [5.41, 5.74) is 1.19.